The molecule has 0 aliphatic carbocycles. The van der Waals surface area contributed by atoms with E-state index in [0.717, 1.165) is 22.4 Å². The summed E-state index contributed by atoms with van der Waals surface area (Å²) in [5, 5.41) is 8.26. The molecule has 1 N–H and O–H groups in total. The topological polar surface area (TPSA) is 76.5 Å². The highest BCUT2D eigenvalue weighted by Gasteiger charge is 2.49. The SMILES string of the molecule is COc1ccc(-c2cc3n(n2)C[C@](C)(C(=O)NCc2ccccc2)N(c2cccc(Cl)c2C)C3=O)cc1. The lowest BCUT2D eigenvalue weighted by Crippen LogP contribution is -2.64. The molecule has 0 fully saturated rings. The molecule has 2 amide bonds. The lowest BCUT2D eigenvalue weighted by atomic mass is 9.93. The zero-order valence-corrected chi connectivity index (χ0v) is 21.6. The molecule has 0 spiro atoms. The van der Waals surface area contributed by atoms with Crippen LogP contribution in [-0.4, -0.2) is 34.2 Å². The number of carbonyl (C=O) groups excluding carboxylic acids is 2. The van der Waals surface area contributed by atoms with Gasteiger partial charge < -0.3 is 10.1 Å². The number of hydrogen-bond donors (Lipinski definition) is 1. The minimum absolute atomic E-state index is 0.177. The van der Waals surface area contributed by atoms with Crippen LogP contribution in [-0.2, 0) is 17.9 Å². The molecule has 1 aliphatic heterocycles. The molecule has 5 rings (SSSR count). The van der Waals surface area contributed by atoms with Crippen LogP contribution >= 0.6 is 11.6 Å². The van der Waals surface area contributed by atoms with Gasteiger partial charge in [0.1, 0.15) is 17.0 Å². The number of nitrogens with zero attached hydrogens (tertiary/aromatic N) is 3. The zero-order valence-electron chi connectivity index (χ0n) is 20.9. The van der Waals surface area contributed by atoms with Gasteiger partial charge in [0.2, 0.25) is 5.91 Å². The predicted molar refractivity (Wildman–Crippen MR) is 144 cm³/mol. The Bertz CT molecular complexity index is 1470. The summed E-state index contributed by atoms with van der Waals surface area (Å²) in [6.07, 6.45) is 0. The Morgan fingerprint density at radius 2 is 1.81 bits per heavy atom. The molecule has 3 aromatic carbocycles. The van der Waals surface area contributed by atoms with E-state index in [-0.39, 0.29) is 18.4 Å². The fourth-order valence-electron chi connectivity index (χ4n) is 4.67. The van der Waals surface area contributed by atoms with Gasteiger partial charge in [-0.15, -0.1) is 0 Å². The molecule has 0 bridgehead atoms. The summed E-state index contributed by atoms with van der Waals surface area (Å²) in [4.78, 5) is 29.4. The number of aromatic nitrogens is 2. The Labute approximate surface area is 220 Å². The molecule has 4 aromatic rings. The van der Waals surface area contributed by atoms with Crippen LogP contribution in [0.1, 0.15) is 28.5 Å². The fourth-order valence-corrected chi connectivity index (χ4v) is 4.84. The smallest absolute Gasteiger partial charge is 0.277 e. The van der Waals surface area contributed by atoms with Crippen molar-refractivity contribution in [3.63, 3.8) is 0 Å². The number of methoxy groups -OCH3 is 1. The maximum atomic E-state index is 14.0. The van der Waals surface area contributed by atoms with E-state index in [1.54, 1.807) is 41.8 Å². The summed E-state index contributed by atoms with van der Waals surface area (Å²) >= 11 is 6.44. The molecule has 0 saturated heterocycles. The van der Waals surface area contributed by atoms with E-state index in [4.69, 9.17) is 21.4 Å². The van der Waals surface area contributed by atoms with Gasteiger partial charge >= 0.3 is 0 Å². The summed E-state index contributed by atoms with van der Waals surface area (Å²) in [5.74, 6) is 0.131. The number of fused-ring (bicyclic) bond motifs is 1. The summed E-state index contributed by atoms with van der Waals surface area (Å²) < 4.78 is 6.88. The molecule has 7 nitrogen and oxygen atoms in total. The first-order valence-electron chi connectivity index (χ1n) is 12.0. The van der Waals surface area contributed by atoms with Crippen LogP contribution in [0.2, 0.25) is 5.02 Å². The minimum atomic E-state index is -1.25. The van der Waals surface area contributed by atoms with Crippen LogP contribution in [0, 0.1) is 6.92 Å². The molecule has 0 radical (unpaired) electrons. The van der Waals surface area contributed by atoms with Gasteiger partial charge in [-0.25, -0.2) is 0 Å². The van der Waals surface area contributed by atoms with Gasteiger partial charge in [-0.1, -0.05) is 48.0 Å². The number of rotatable bonds is 6. The molecule has 2 heterocycles. The normalized spacial score (nSPS) is 16.9. The van der Waals surface area contributed by atoms with Crippen molar-refractivity contribution in [2.45, 2.75) is 32.5 Å². The van der Waals surface area contributed by atoms with Crippen molar-refractivity contribution in [1.29, 1.82) is 0 Å². The summed E-state index contributed by atoms with van der Waals surface area (Å²) in [6.45, 7) is 4.14. The Morgan fingerprint density at radius 3 is 2.51 bits per heavy atom. The Kier molecular flexibility index (Phi) is 6.48. The second-order valence-electron chi connectivity index (χ2n) is 9.27. The molecule has 0 unspecified atom stereocenters. The first kappa shape index (κ1) is 24.6. The second-order valence-corrected chi connectivity index (χ2v) is 9.67. The van der Waals surface area contributed by atoms with Gasteiger partial charge in [0.25, 0.3) is 5.91 Å². The third kappa shape index (κ3) is 4.47. The molecule has 1 aromatic heterocycles. The number of halogens is 1. The average Bonchev–Trinajstić information content (AvgIpc) is 3.34. The molecule has 0 saturated carbocycles. The molecule has 1 aliphatic rings. The number of ether oxygens (including phenoxy) is 1. The largest absolute Gasteiger partial charge is 0.497 e. The summed E-state index contributed by atoms with van der Waals surface area (Å²) in [7, 11) is 1.61. The van der Waals surface area contributed by atoms with E-state index < -0.39 is 5.54 Å². The summed E-state index contributed by atoms with van der Waals surface area (Å²) in [6, 6.07) is 24.3. The van der Waals surface area contributed by atoms with E-state index in [9.17, 15) is 9.59 Å². The number of nitrogens with one attached hydrogen (secondary N) is 1. The van der Waals surface area contributed by atoms with Gasteiger partial charge in [0.15, 0.2) is 0 Å². The standard InChI is InChI=1S/C29H27ClN4O3/c1-19-23(30)10-7-11-25(19)34-27(35)26-16-24(21-12-14-22(37-3)15-13-21)32-33(26)18-29(34,2)28(36)31-17-20-8-5-4-6-9-20/h4-16H,17-18H2,1-3H3,(H,31,36)/t29-/m1/s1. The molecule has 188 valence electrons. The van der Waals surface area contributed by atoms with Crippen molar-refractivity contribution in [3.8, 4) is 17.0 Å². The highest BCUT2D eigenvalue weighted by molar-refractivity contribution is 6.32. The van der Waals surface area contributed by atoms with Crippen LogP contribution in [0.3, 0.4) is 0 Å². The van der Waals surface area contributed by atoms with Crippen LogP contribution in [0.25, 0.3) is 11.3 Å². The maximum absolute atomic E-state index is 14.0. The predicted octanol–water partition coefficient (Wildman–Crippen LogP) is 5.26. The van der Waals surface area contributed by atoms with Gasteiger partial charge in [0.05, 0.1) is 19.3 Å². The fraction of sp³-hybridized carbons (Fsp3) is 0.207. The first-order valence-corrected chi connectivity index (χ1v) is 12.3. The van der Waals surface area contributed by atoms with Crippen molar-refractivity contribution in [3.05, 3.63) is 101 Å². The van der Waals surface area contributed by atoms with E-state index in [1.165, 1.54) is 0 Å². The highest BCUT2D eigenvalue weighted by atomic mass is 35.5. The lowest BCUT2D eigenvalue weighted by molar-refractivity contribution is -0.126. The van der Waals surface area contributed by atoms with E-state index >= 15 is 0 Å². The van der Waals surface area contributed by atoms with Crippen molar-refractivity contribution in [1.82, 2.24) is 15.1 Å². The van der Waals surface area contributed by atoms with Gasteiger partial charge in [0, 0.05) is 22.8 Å². The van der Waals surface area contributed by atoms with Crippen LogP contribution < -0.4 is 15.0 Å². The van der Waals surface area contributed by atoms with Crippen molar-refractivity contribution < 1.29 is 14.3 Å². The van der Waals surface area contributed by atoms with E-state index in [1.807, 2.05) is 67.6 Å². The molecular formula is C29H27ClN4O3. The highest BCUT2D eigenvalue weighted by Crippen LogP contribution is 2.37. The third-order valence-corrected chi connectivity index (χ3v) is 7.21. The van der Waals surface area contributed by atoms with Gasteiger partial charge in [-0.3, -0.25) is 19.2 Å². The van der Waals surface area contributed by atoms with Crippen molar-refractivity contribution in [2.24, 2.45) is 0 Å². The number of anilines is 1. The molecular weight excluding hydrogens is 488 g/mol. The van der Waals surface area contributed by atoms with Crippen molar-refractivity contribution in [2.75, 3.05) is 12.0 Å². The minimum Gasteiger partial charge on any atom is -0.497 e. The number of carbonyl (C=O) groups is 2. The first-order chi connectivity index (χ1) is 17.8. The van der Waals surface area contributed by atoms with E-state index in [2.05, 4.69) is 5.32 Å². The van der Waals surface area contributed by atoms with Crippen molar-refractivity contribution >= 4 is 29.1 Å². The molecule has 8 heteroatoms. The van der Waals surface area contributed by atoms with Crippen LogP contribution in [0.15, 0.2) is 78.9 Å². The number of amides is 2. The molecule has 37 heavy (non-hydrogen) atoms. The Morgan fingerprint density at radius 1 is 1.08 bits per heavy atom. The maximum Gasteiger partial charge on any atom is 0.277 e. The van der Waals surface area contributed by atoms with Gasteiger partial charge in [-0.05, 0) is 67.4 Å². The molecule has 1 atom stereocenters. The van der Waals surface area contributed by atoms with Gasteiger partial charge in [-0.2, -0.15) is 5.10 Å². The lowest BCUT2D eigenvalue weighted by Gasteiger charge is -2.43. The Balaban J connectivity index is 1.56. The third-order valence-electron chi connectivity index (χ3n) is 6.80. The van der Waals surface area contributed by atoms with Crippen LogP contribution in [0.5, 0.6) is 5.75 Å². The average molecular weight is 515 g/mol. The Hall–Kier alpha value is -4.10. The zero-order chi connectivity index (χ0) is 26.2. The van der Waals surface area contributed by atoms with Crippen LogP contribution in [0.4, 0.5) is 5.69 Å². The number of benzene rings is 3. The van der Waals surface area contributed by atoms with E-state index in [0.29, 0.717) is 28.6 Å². The quantitative estimate of drug-likeness (QED) is 0.381. The number of hydrogen-bond acceptors (Lipinski definition) is 4. The second kappa shape index (κ2) is 9.75. The summed E-state index contributed by atoms with van der Waals surface area (Å²) in [5.41, 5.74) is 2.92. The monoisotopic (exact) mass is 514 g/mol.